The van der Waals surface area contributed by atoms with Crippen molar-refractivity contribution in [2.24, 2.45) is 11.7 Å². The van der Waals surface area contributed by atoms with Crippen LogP contribution in [0.4, 0.5) is 0 Å². The summed E-state index contributed by atoms with van der Waals surface area (Å²) in [4.78, 5) is 26.2. The fourth-order valence-corrected chi connectivity index (χ4v) is 3.83. The minimum atomic E-state index is -0.290. The first-order valence-electron chi connectivity index (χ1n) is 9.23. The van der Waals surface area contributed by atoms with E-state index in [0.717, 1.165) is 0 Å². The molecule has 0 saturated carbocycles. The molecule has 0 spiro atoms. The van der Waals surface area contributed by atoms with Gasteiger partial charge in [-0.05, 0) is 31.0 Å². The Morgan fingerprint density at radius 2 is 2.00 bits per heavy atom. The highest BCUT2D eigenvalue weighted by molar-refractivity contribution is 5.95. The van der Waals surface area contributed by atoms with Gasteiger partial charge in [-0.15, -0.1) is 0 Å². The molecule has 0 unspecified atom stereocenters. The van der Waals surface area contributed by atoms with Crippen LogP contribution in [0.2, 0.25) is 0 Å². The molecule has 2 aromatic heterocycles. The predicted octanol–water partition coefficient (Wildman–Crippen LogP) is 1.08. The summed E-state index contributed by atoms with van der Waals surface area (Å²) in [6.07, 6.45) is 1.55. The van der Waals surface area contributed by atoms with Crippen LogP contribution in [0.25, 0.3) is 5.82 Å². The lowest BCUT2D eigenvalue weighted by Gasteiger charge is -2.16. The predicted molar refractivity (Wildman–Crippen MR) is 104 cm³/mol. The van der Waals surface area contributed by atoms with Crippen molar-refractivity contribution in [1.29, 1.82) is 0 Å². The highest BCUT2D eigenvalue weighted by atomic mass is 16.2. The number of H-pyrrole nitrogens is 1. The van der Waals surface area contributed by atoms with Crippen molar-refractivity contribution >= 4 is 5.91 Å². The van der Waals surface area contributed by atoms with Crippen LogP contribution in [0.3, 0.4) is 0 Å². The molecule has 8 nitrogen and oxygen atoms in total. The van der Waals surface area contributed by atoms with Crippen molar-refractivity contribution in [3.05, 3.63) is 75.8 Å². The van der Waals surface area contributed by atoms with Crippen LogP contribution in [0.15, 0.2) is 53.5 Å². The molecule has 144 valence electrons. The zero-order valence-corrected chi connectivity index (χ0v) is 15.6. The Kier molecular flexibility index (Phi) is 4.79. The van der Waals surface area contributed by atoms with E-state index in [-0.39, 0.29) is 23.3 Å². The normalized spacial score (nSPS) is 19.1. The Morgan fingerprint density at radius 3 is 2.68 bits per heavy atom. The number of nitrogens with zero attached hydrogens (tertiary/aromatic N) is 4. The molecular weight excluding hydrogens is 356 g/mol. The third-order valence-corrected chi connectivity index (χ3v) is 5.38. The first-order chi connectivity index (χ1) is 13.6. The molecule has 3 heterocycles. The fraction of sp³-hybridized carbons (Fsp3) is 0.300. The molecule has 1 aliphatic rings. The molecule has 2 atom stereocenters. The van der Waals surface area contributed by atoms with Crippen LogP contribution in [0.1, 0.15) is 27.5 Å². The van der Waals surface area contributed by atoms with E-state index in [2.05, 4.69) is 27.4 Å². The topological polar surface area (TPSA) is 110 Å². The van der Waals surface area contributed by atoms with Crippen molar-refractivity contribution < 1.29 is 4.79 Å². The first kappa shape index (κ1) is 18.1. The number of amides is 1. The molecule has 8 heteroatoms. The summed E-state index contributed by atoms with van der Waals surface area (Å²) in [6.45, 7) is 3.60. The van der Waals surface area contributed by atoms with Gasteiger partial charge in [-0.25, -0.2) is 9.78 Å². The summed E-state index contributed by atoms with van der Waals surface area (Å²) in [6, 6.07) is 13.1. The molecule has 1 aromatic carbocycles. The Morgan fingerprint density at radius 1 is 1.21 bits per heavy atom. The van der Waals surface area contributed by atoms with Crippen LogP contribution >= 0.6 is 0 Å². The lowest BCUT2D eigenvalue weighted by molar-refractivity contribution is 0.0785. The maximum absolute atomic E-state index is 13.2. The summed E-state index contributed by atoms with van der Waals surface area (Å²) in [5, 5.41) is 10.6. The standard InChI is InChI=1S/C20H22N6O2/c1-13-16(10-22-26(13)18-7-8-19(27)24-23-18)20(28)25-11-15(9-21)17(12-25)14-5-3-2-4-6-14/h2-8,10,15,17H,9,11-12,21H2,1H3,(H,24,27)/t15-,17+/m1/s1. The molecule has 1 saturated heterocycles. The van der Waals surface area contributed by atoms with Gasteiger partial charge in [0.25, 0.3) is 11.5 Å². The zero-order valence-electron chi connectivity index (χ0n) is 15.6. The average Bonchev–Trinajstić information content (AvgIpc) is 3.33. The number of hydrogen-bond acceptors (Lipinski definition) is 5. The molecule has 3 aromatic rings. The van der Waals surface area contributed by atoms with Crippen LogP contribution < -0.4 is 11.3 Å². The number of likely N-dealkylation sites (tertiary alicyclic amines) is 1. The Hall–Kier alpha value is -3.26. The van der Waals surface area contributed by atoms with Crippen molar-refractivity contribution in [3.8, 4) is 5.82 Å². The van der Waals surface area contributed by atoms with E-state index in [1.54, 1.807) is 16.9 Å². The second-order valence-electron chi connectivity index (χ2n) is 7.06. The molecule has 4 rings (SSSR count). The number of nitrogens with two attached hydrogens (primary N) is 1. The molecule has 1 aliphatic heterocycles. The largest absolute Gasteiger partial charge is 0.338 e. The Bertz CT molecular complexity index is 1020. The van der Waals surface area contributed by atoms with Gasteiger partial charge in [0, 0.05) is 25.1 Å². The quantitative estimate of drug-likeness (QED) is 0.706. The monoisotopic (exact) mass is 378 g/mol. The fourth-order valence-electron chi connectivity index (χ4n) is 3.83. The second-order valence-corrected chi connectivity index (χ2v) is 7.06. The van der Waals surface area contributed by atoms with Crippen molar-refractivity contribution in [2.75, 3.05) is 19.6 Å². The van der Waals surface area contributed by atoms with Crippen LogP contribution in [0, 0.1) is 12.8 Å². The molecule has 3 N–H and O–H groups in total. The second kappa shape index (κ2) is 7.40. The third-order valence-electron chi connectivity index (χ3n) is 5.38. The number of nitrogens with one attached hydrogen (secondary N) is 1. The van der Waals surface area contributed by atoms with Gasteiger partial charge in [0.1, 0.15) is 0 Å². The van der Waals surface area contributed by atoms with E-state index >= 15 is 0 Å². The van der Waals surface area contributed by atoms with Crippen molar-refractivity contribution in [1.82, 2.24) is 24.9 Å². The molecule has 0 radical (unpaired) electrons. The summed E-state index contributed by atoms with van der Waals surface area (Å²) in [5.41, 5.74) is 8.11. The van der Waals surface area contributed by atoms with Gasteiger partial charge in [-0.3, -0.25) is 9.59 Å². The highest BCUT2D eigenvalue weighted by Crippen LogP contribution is 2.33. The molecule has 1 amide bonds. The van der Waals surface area contributed by atoms with Gasteiger partial charge < -0.3 is 10.6 Å². The summed E-state index contributed by atoms with van der Waals surface area (Å²) in [5.74, 6) is 0.846. The lowest BCUT2D eigenvalue weighted by Crippen LogP contribution is -2.30. The molecule has 0 bridgehead atoms. The number of carbonyl (C=O) groups excluding carboxylic acids is 1. The molecular formula is C20H22N6O2. The van der Waals surface area contributed by atoms with Gasteiger partial charge in [0.05, 0.1) is 17.5 Å². The molecule has 1 fully saturated rings. The van der Waals surface area contributed by atoms with E-state index in [0.29, 0.717) is 36.7 Å². The average molecular weight is 378 g/mol. The SMILES string of the molecule is Cc1c(C(=O)N2C[C@@H](CN)[C@H](c3ccccc3)C2)cnn1-c1ccc(=O)[nH]n1. The summed E-state index contributed by atoms with van der Waals surface area (Å²) >= 11 is 0. The van der Waals surface area contributed by atoms with E-state index < -0.39 is 0 Å². The van der Waals surface area contributed by atoms with E-state index in [1.807, 2.05) is 30.0 Å². The van der Waals surface area contributed by atoms with Gasteiger partial charge in [0.15, 0.2) is 5.82 Å². The third kappa shape index (κ3) is 3.22. The van der Waals surface area contributed by atoms with E-state index in [4.69, 9.17) is 5.73 Å². The summed E-state index contributed by atoms with van der Waals surface area (Å²) in [7, 11) is 0. The molecule has 28 heavy (non-hydrogen) atoms. The van der Waals surface area contributed by atoms with Gasteiger partial charge in [-0.2, -0.15) is 10.2 Å². The number of aromatic amines is 1. The number of hydrogen-bond donors (Lipinski definition) is 2. The maximum atomic E-state index is 13.2. The minimum Gasteiger partial charge on any atom is -0.338 e. The van der Waals surface area contributed by atoms with E-state index in [1.165, 1.54) is 11.6 Å². The Balaban J connectivity index is 1.58. The Labute approximate surface area is 162 Å². The van der Waals surface area contributed by atoms with E-state index in [9.17, 15) is 9.59 Å². The maximum Gasteiger partial charge on any atom is 0.264 e. The van der Waals surface area contributed by atoms with Gasteiger partial charge >= 0.3 is 0 Å². The lowest BCUT2D eigenvalue weighted by atomic mass is 9.89. The van der Waals surface area contributed by atoms with Crippen LogP contribution in [-0.4, -0.2) is 50.4 Å². The zero-order chi connectivity index (χ0) is 19.7. The number of carbonyl (C=O) groups is 1. The highest BCUT2D eigenvalue weighted by Gasteiger charge is 2.36. The van der Waals surface area contributed by atoms with Crippen LogP contribution in [-0.2, 0) is 0 Å². The van der Waals surface area contributed by atoms with Gasteiger partial charge in [-0.1, -0.05) is 30.3 Å². The summed E-state index contributed by atoms with van der Waals surface area (Å²) < 4.78 is 1.55. The first-order valence-corrected chi connectivity index (χ1v) is 9.23. The minimum absolute atomic E-state index is 0.0648. The molecule has 0 aliphatic carbocycles. The van der Waals surface area contributed by atoms with Crippen LogP contribution in [0.5, 0.6) is 0 Å². The number of aromatic nitrogens is 4. The smallest absolute Gasteiger partial charge is 0.264 e. The van der Waals surface area contributed by atoms with Gasteiger partial charge in [0.2, 0.25) is 0 Å². The number of rotatable bonds is 4. The van der Waals surface area contributed by atoms with Crippen molar-refractivity contribution in [3.63, 3.8) is 0 Å². The number of benzene rings is 1. The van der Waals surface area contributed by atoms with Crippen molar-refractivity contribution in [2.45, 2.75) is 12.8 Å².